The number of nitrogens with zero attached hydrogens (tertiary/aromatic N) is 4. The molecule has 5 heteroatoms. The van der Waals surface area contributed by atoms with E-state index in [9.17, 15) is 0 Å². The molecule has 1 fully saturated rings. The first-order valence-electron chi connectivity index (χ1n) is 9.17. The molecule has 3 heterocycles. The van der Waals surface area contributed by atoms with Gasteiger partial charge in [-0.05, 0) is 19.1 Å². The first-order chi connectivity index (χ1) is 12.8. The molecule has 1 aliphatic heterocycles. The predicted molar refractivity (Wildman–Crippen MR) is 101 cm³/mol. The highest BCUT2D eigenvalue weighted by atomic mass is 16.4. The van der Waals surface area contributed by atoms with Crippen LogP contribution in [0.2, 0.25) is 0 Å². The van der Waals surface area contributed by atoms with Crippen molar-refractivity contribution in [2.24, 2.45) is 0 Å². The van der Waals surface area contributed by atoms with Crippen LogP contribution >= 0.6 is 0 Å². The van der Waals surface area contributed by atoms with Crippen LogP contribution in [0, 0.1) is 0 Å². The van der Waals surface area contributed by atoms with E-state index in [4.69, 9.17) is 4.42 Å². The maximum atomic E-state index is 6.03. The molecule has 1 atom stereocenters. The number of benzene rings is 1. The van der Waals surface area contributed by atoms with Crippen molar-refractivity contribution in [2.45, 2.75) is 19.5 Å². The molecule has 4 rings (SSSR count). The third-order valence-corrected chi connectivity index (χ3v) is 5.01. The second-order valence-corrected chi connectivity index (χ2v) is 6.74. The Bertz CT molecular complexity index is 810. The Morgan fingerprint density at radius 2 is 1.73 bits per heavy atom. The first kappa shape index (κ1) is 16.9. The lowest BCUT2D eigenvalue weighted by molar-refractivity contribution is 0.0870. The lowest BCUT2D eigenvalue weighted by Crippen LogP contribution is -2.46. The summed E-state index contributed by atoms with van der Waals surface area (Å²) in [5.41, 5.74) is 2.20. The lowest BCUT2D eigenvalue weighted by Gasteiger charge is -2.36. The Balaban J connectivity index is 1.35. The van der Waals surface area contributed by atoms with Crippen molar-refractivity contribution in [3.63, 3.8) is 0 Å². The SMILES string of the molecule is C[C@@H](c1ncc(-c2ccccc2)o1)N1CCN(Cc2ccccn2)CC1. The third kappa shape index (κ3) is 3.84. The summed E-state index contributed by atoms with van der Waals surface area (Å²) in [5, 5.41) is 0. The summed E-state index contributed by atoms with van der Waals surface area (Å²) < 4.78 is 6.03. The molecule has 1 aromatic carbocycles. The number of aromatic nitrogens is 2. The number of hydrogen-bond donors (Lipinski definition) is 0. The molecule has 26 heavy (non-hydrogen) atoms. The number of hydrogen-bond acceptors (Lipinski definition) is 5. The second kappa shape index (κ2) is 7.81. The van der Waals surface area contributed by atoms with Crippen molar-refractivity contribution in [1.82, 2.24) is 19.8 Å². The molecular weight excluding hydrogens is 324 g/mol. The zero-order valence-corrected chi connectivity index (χ0v) is 15.1. The molecule has 0 unspecified atom stereocenters. The van der Waals surface area contributed by atoms with Gasteiger partial charge in [0.1, 0.15) is 0 Å². The zero-order valence-electron chi connectivity index (χ0n) is 15.1. The van der Waals surface area contributed by atoms with Gasteiger partial charge in [0.05, 0.1) is 17.9 Å². The minimum atomic E-state index is 0.185. The fraction of sp³-hybridized carbons (Fsp3) is 0.333. The summed E-state index contributed by atoms with van der Waals surface area (Å²) in [6.45, 7) is 7.18. The number of rotatable bonds is 5. The minimum absolute atomic E-state index is 0.185. The van der Waals surface area contributed by atoms with E-state index in [1.165, 1.54) is 0 Å². The summed E-state index contributed by atoms with van der Waals surface area (Å²) in [6.07, 6.45) is 3.69. The van der Waals surface area contributed by atoms with Gasteiger partial charge in [-0.25, -0.2) is 4.98 Å². The van der Waals surface area contributed by atoms with Crippen LogP contribution in [0.3, 0.4) is 0 Å². The Labute approximate surface area is 154 Å². The van der Waals surface area contributed by atoms with Crippen LogP contribution in [-0.2, 0) is 6.54 Å². The van der Waals surface area contributed by atoms with E-state index >= 15 is 0 Å². The Morgan fingerprint density at radius 3 is 2.46 bits per heavy atom. The highest BCUT2D eigenvalue weighted by molar-refractivity contribution is 5.55. The molecule has 1 saturated heterocycles. The highest BCUT2D eigenvalue weighted by Crippen LogP contribution is 2.26. The van der Waals surface area contributed by atoms with E-state index in [1.807, 2.05) is 54.9 Å². The van der Waals surface area contributed by atoms with E-state index in [-0.39, 0.29) is 6.04 Å². The number of piperazine rings is 1. The van der Waals surface area contributed by atoms with Gasteiger partial charge in [-0.15, -0.1) is 0 Å². The number of oxazole rings is 1. The molecule has 0 saturated carbocycles. The molecule has 0 radical (unpaired) electrons. The Hall–Kier alpha value is -2.50. The van der Waals surface area contributed by atoms with Crippen molar-refractivity contribution >= 4 is 0 Å². The van der Waals surface area contributed by atoms with Gasteiger partial charge in [-0.1, -0.05) is 36.4 Å². The second-order valence-electron chi connectivity index (χ2n) is 6.74. The molecule has 0 N–H and O–H groups in total. The van der Waals surface area contributed by atoms with E-state index in [2.05, 4.69) is 32.8 Å². The molecule has 2 aromatic heterocycles. The topological polar surface area (TPSA) is 45.4 Å². The normalized spacial score (nSPS) is 17.3. The smallest absolute Gasteiger partial charge is 0.211 e. The zero-order chi connectivity index (χ0) is 17.8. The van der Waals surface area contributed by atoms with Gasteiger partial charge in [-0.3, -0.25) is 14.8 Å². The van der Waals surface area contributed by atoms with E-state index in [1.54, 1.807) is 0 Å². The standard InChI is InChI=1S/C21H24N4O/c1-17(21-23-15-20(26-21)18-7-3-2-4-8-18)25-13-11-24(12-14-25)16-19-9-5-6-10-22-19/h2-10,15,17H,11-14,16H2,1H3/t17-/m0/s1. The fourth-order valence-corrected chi connectivity index (χ4v) is 3.40. The maximum Gasteiger partial charge on any atom is 0.211 e. The van der Waals surface area contributed by atoms with Crippen LogP contribution in [0.25, 0.3) is 11.3 Å². The summed E-state index contributed by atoms with van der Waals surface area (Å²) in [6, 6.07) is 16.4. The van der Waals surface area contributed by atoms with Crippen LogP contribution in [0.5, 0.6) is 0 Å². The molecule has 3 aromatic rings. The molecule has 0 aliphatic carbocycles. The van der Waals surface area contributed by atoms with Gasteiger partial charge in [-0.2, -0.15) is 0 Å². The predicted octanol–water partition coefficient (Wildman–Crippen LogP) is 3.62. The van der Waals surface area contributed by atoms with Crippen molar-refractivity contribution in [1.29, 1.82) is 0 Å². The van der Waals surface area contributed by atoms with Gasteiger partial charge in [0.15, 0.2) is 5.76 Å². The number of pyridine rings is 1. The summed E-state index contributed by atoms with van der Waals surface area (Å²) >= 11 is 0. The van der Waals surface area contributed by atoms with Crippen molar-refractivity contribution in [2.75, 3.05) is 26.2 Å². The van der Waals surface area contributed by atoms with Crippen LogP contribution in [0.15, 0.2) is 65.3 Å². The van der Waals surface area contributed by atoms with Gasteiger partial charge in [0, 0.05) is 44.5 Å². The summed E-state index contributed by atoms with van der Waals surface area (Å²) in [4.78, 5) is 13.8. The average molecular weight is 348 g/mol. The van der Waals surface area contributed by atoms with Crippen molar-refractivity contribution in [3.05, 3.63) is 72.5 Å². The van der Waals surface area contributed by atoms with Crippen LogP contribution in [0.4, 0.5) is 0 Å². The molecular formula is C21H24N4O. The molecule has 0 bridgehead atoms. The van der Waals surface area contributed by atoms with Gasteiger partial charge < -0.3 is 4.42 Å². The Kier molecular flexibility index (Phi) is 5.09. The largest absolute Gasteiger partial charge is 0.439 e. The minimum Gasteiger partial charge on any atom is -0.439 e. The monoisotopic (exact) mass is 348 g/mol. The Morgan fingerprint density at radius 1 is 0.962 bits per heavy atom. The average Bonchev–Trinajstić information content (AvgIpc) is 3.20. The summed E-state index contributed by atoms with van der Waals surface area (Å²) in [7, 11) is 0. The van der Waals surface area contributed by atoms with Gasteiger partial charge in [0.25, 0.3) is 0 Å². The summed E-state index contributed by atoms with van der Waals surface area (Å²) in [5.74, 6) is 1.63. The lowest BCUT2D eigenvalue weighted by atomic mass is 10.2. The molecule has 0 amide bonds. The molecule has 5 nitrogen and oxygen atoms in total. The van der Waals surface area contributed by atoms with Crippen LogP contribution in [-0.4, -0.2) is 45.9 Å². The van der Waals surface area contributed by atoms with E-state index in [0.717, 1.165) is 55.6 Å². The molecule has 134 valence electrons. The van der Waals surface area contributed by atoms with Gasteiger partial charge >= 0.3 is 0 Å². The van der Waals surface area contributed by atoms with E-state index < -0.39 is 0 Å². The van der Waals surface area contributed by atoms with Crippen molar-refractivity contribution in [3.8, 4) is 11.3 Å². The maximum absolute atomic E-state index is 6.03. The van der Waals surface area contributed by atoms with Crippen LogP contribution < -0.4 is 0 Å². The fourth-order valence-electron chi connectivity index (χ4n) is 3.40. The molecule has 1 aliphatic rings. The van der Waals surface area contributed by atoms with Crippen LogP contribution in [0.1, 0.15) is 24.6 Å². The quantitative estimate of drug-likeness (QED) is 0.705. The van der Waals surface area contributed by atoms with Crippen molar-refractivity contribution < 1.29 is 4.42 Å². The van der Waals surface area contributed by atoms with E-state index in [0.29, 0.717) is 0 Å². The molecule has 0 spiro atoms. The van der Waals surface area contributed by atoms with Gasteiger partial charge in [0.2, 0.25) is 5.89 Å². The third-order valence-electron chi connectivity index (χ3n) is 5.01. The first-order valence-corrected chi connectivity index (χ1v) is 9.17. The highest BCUT2D eigenvalue weighted by Gasteiger charge is 2.25.